The predicted molar refractivity (Wildman–Crippen MR) is 53.1 cm³/mol. The molecule has 1 rings (SSSR count). The Morgan fingerprint density at radius 1 is 1.25 bits per heavy atom. The summed E-state index contributed by atoms with van der Waals surface area (Å²) in [5.41, 5.74) is 1.05. The Morgan fingerprint density at radius 2 is 1.75 bits per heavy atom. The summed E-state index contributed by atoms with van der Waals surface area (Å²) in [5.74, 6) is 0. The molecule has 0 aliphatic rings. The van der Waals surface area contributed by atoms with E-state index in [0.717, 1.165) is 12.1 Å². The molecular formula is C9H21N3. The molecule has 0 aliphatic heterocycles. The van der Waals surface area contributed by atoms with Crippen LogP contribution in [0.25, 0.3) is 0 Å². The lowest BCUT2D eigenvalue weighted by molar-refractivity contribution is 0.713. The fraction of sp³-hybridized carbons (Fsp3) is 0.778. The molecule has 0 aromatic carbocycles. The van der Waals surface area contributed by atoms with Crippen LogP contribution in [0.4, 0.5) is 0 Å². The van der Waals surface area contributed by atoms with Crippen molar-refractivity contribution in [1.29, 1.82) is 0 Å². The third-order valence-electron chi connectivity index (χ3n) is 1.01. The van der Waals surface area contributed by atoms with E-state index in [1.54, 1.807) is 4.68 Å². The van der Waals surface area contributed by atoms with Crippen molar-refractivity contribution in [2.24, 2.45) is 7.05 Å². The first-order chi connectivity index (χ1) is 5.83. The van der Waals surface area contributed by atoms with Gasteiger partial charge in [0.1, 0.15) is 0 Å². The van der Waals surface area contributed by atoms with E-state index in [0.29, 0.717) is 0 Å². The number of rotatable bonds is 1. The van der Waals surface area contributed by atoms with Gasteiger partial charge in [-0.2, -0.15) is 0 Å². The van der Waals surface area contributed by atoms with E-state index in [-0.39, 0.29) is 0 Å². The highest BCUT2D eigenvalue weighted by molar-refractivity contribution is 4.89. The van der Waals surface area contributed by atoms with Crippen LogP contribution in [0, 0.1) is 0 Å². The Hall–Kier alpha value is -0.860. The summed E-state index contributed by atoms with van der Waals surface area (Å²) in [6.45, 7) is 10.1. The molecule has 0 unspecified atom stereocenters. The normalized spacial score (nSPS) is 7.50. The number of aromatic nitrogens is 3. The molecule has 3 heteroatoms. The molecule has 0 N–H and O–H groups in total. The van der Waals surface area contributed by atoms with E-state index >= 15 is 0 Å². The minimum absolute atomic E-state index is 0.966. The first kappa shape index (κ1) is 13.7. The molecule has 0 saturated heterocycles. The molecule has 0 radical (unpaired) electrons. The Morgan fingerprint density at radius 3 is 1.92 bits per heavy atom. The Balaban J connectivity index is 0. The first-order valence-corrected chi connectivity index (χ1v) is 4.68. The van der Waals surface area contributed by atoms with Gasteiger partial charge in [0.25, 0.3) is 0 Å². The van der Waals surface area contributed by atoms with Crippen LogP contribution >= 0.6 is 0 Å². The second-order valence-corrected chi connectivity index (χ2v) is 1.74. The summed E-state index contributed by atoms with van der Waals surface area (Å²) < 4.78 is 1.71. The predicted octanol–water partition coefficient (Wildman–Crippen LogP) is 2.43. The van der Waals surface area contributed by atoms with Crippen molar-refractivity contribution in [1.82, 2.24) is 15.0 Å². The van der Waals surface area contributed by atoms with Gasteiger partial charge in [0, 0.05) is 13.2 Å². The number of hydrogen-bond donors (Lipinski definition) is 0. The monoisotopic (exact) mass is 171 g/mol. The second-order valence-electron chi connectivity index (χ2n) is 1.74. The number of nitrogens with zero attached hydrogens (tertiary/aromatic N) is 3. The minimum atomic E-state index is 0.966. The van der Waals surface area contributed by atoms with Gasteiger partial charge in [-0.1, -0.05) is 39.8 Å². The highest BCUT2D eigenvalue weighted by Gasteiger charge is 1.90. The number of aryl methyl sites for hydroxylation is 2. The van der Waals surface area contributed by atoms with Crippen molar-refractivity contribution in [2.45, 2.75) is 41.0 Å². The molecule has 0 bridgehead atoms. The van der Waals surface area contributed by atoms with Gasteiger partial charge in [-0.15, -0.1) is 5.10 Å². The molecule has 0 spiro atoms. The highest BCUT2D eigenvalue weighted by Crippen LogP contribution is 1.89. The van der Waals surface area contributed by atoms with Crippen molar-refractivity contribution in [3.63, 3.8) is 0 Å². The van der Waals surface area contributed by atoms with Gasteiger partial charge >= 0.3 is 0 Å². The average Bonchev–Trinajstić information content (AvgIpc) is 2.58. The molecule has 0 saturated carbocycles. The van der Waals surface area contributed by atoms with Crippen molar-refractivity contribution in [2.75, 3.05) is 0 Å². The number of hydrogen-bond acceptors (Lipinski definition) is 2. The van der Waals surface area contributed by atoms with Crippen LogP contribution < -0.4 is 0 Å². The molecule has 0 aliphatic carbocycles. The first-order valence-electron chi connectivity index (χ1n) is 4.68. The summed E-state index contributed by atoms with van der Waals surface area (Å²) in [5, 5.41) is 7.60. The van der Waals surface area contributed by atoms with Crippen LogP contribution in [0.2, 0.25) is 0 Å². The summed E-state index contributed by atoms with van der Waals surface area (Å²) >= 11 is 0. The molecule has 0 atom stereocenters. The van der Waals surface area contributed by atoms with Crippen LogP contribution in [0.5, 0.6) is 0 Å². The van der Waals surface area contributed by atoms with Crippen LogP contribution in [0.15, 0.2) is 6.20 Å². The zero-order chi connectivity index (χ0) is 9.98. The van der Waals surface area contributed by atoms with Crippen LogP contribution in [-0.2, 0) is 13.5 Å². The Kier molecular flexibility index (Phi) is 11.6. The van der Waals surface area contributed by atoms with Crippen molar-refractivity contribution in [3.8, 4) is 0 Å². The van der Waals surface area contributed by atoms with E-state index in [1.165, 1.54) is 0 Å². The third kappa shape index (κ3) is 5.89. The highest BCUT2D eigenvalue weighted by atomic mass is 15.4. The maximum atomic E-state index is 3.85. The van der Waals surface area contributed by atoms with E-state index in [1.807, 2.05) is 40.9 Å². The van der Waals surface area contributed by atoms with Gasteiger partial charge in [-0.05, 0) is 6.42 Å². The average molecular weight is 171 g/mol. The van der Waals surface area contributed by atoms with E-state index in [4.69, 9.17) is 0 Å². The van der Waals surface area contributed by atoms with Crippen LogP contribution in [0.1, 0.15) is 40.3 Å². The maximum absolute atomic E-state index is 3.85. The van der Waals surface area contributed by atoms with Crippen molar-refractivity contribution >= 4 is 0 Å². The molecule has 1 aromatic heterocycles. The smallest absolute Gasteiger partial charge is 0.0824 e. The molecule has 0 fully saturated rings. The Bertz CT molecular complexity index is 170. The van der Waals surface area contributed by atoms with Crippen LogP contribution in [-0.4, -0.2) is 15.0 Å². The lowest BCUT2D eigenvalue weighted by Crippen LogP contribution is -1.85. The molecular weight excluding hydrogens is 150 g/mol. The van der Waals surface area contributed by atoms with Crippen molar-refractivity contribution in [3.05, 3.63) is 11.9 Å². The van der Waals surface area contributed by atoms with Gasteiger partial charge in [0.15, 0.2) is 0 Å². The quantitative estimate of drug-likeness (QED) is 0.649. The topological polar surface area (TPSA) is 30.7 Å². The SMILES string of the molecule is CC.CC.CCc1cn(C)nn1. The largest absolute Gasteiger partial charge is 0.255 e. The van der Waals surface area contributed by atoms with Crippen molar-refractivity contribution < 1.29 is 0 Å². The summed E-state index contributed by atoms with van der Waals surface area (Å²) in [4.78, 5) is 0. The van der Waals surface area contributed by atoms with Gasteiger partial charge in [0.2, 0.25) is 0 Å². The van der Waals surface area contributed by atoms with Gasteiger partial charge in [-0.25, -0.2) is 0 Å². The molecule has 12 heavy (non-hydrogen) atoms. The molecule has 0 amide bonds. The third-order valence-corrected chi connectivity index (χ3v) is 1.01. The van der Waals surface area contributed by atoms with E-state index in [9.17, 15) is 0 Å². The molecule has 3 nitrogen and oxygen atoms in total. The lowest BCUT2D eigenvalue weighted by Gasteiger charge is -1.78. The summed E-state index contributed by atoms with van der Waals surface area (Å²) in [6.07, 6.45) is 2.88. The lowest BCUT2D eigenvalue weighted by atomic mass is 10.4. The minimum Gasteiger partial charge on any atom is -0.255 e. The fourth-order valence-electron chi connectivity index (χ4n) is 0.557. The van der Waals surface area contributed by atoms with Gasteiger partial charge in [0.05, 0.1) is 5.69 Å². The molecule has 1 aromatic rings. The maximum Gasteiger partial charge on any atom is 0.0824 e. The zero-order valence-corrected chi connectivity index (χ0v) is 9.13. The zero-order valence-electron chi connectivity index (χ0n) is 9.13. The fourth-order valence-corrected chi connectivity index (χ4v) is 0.557. The van der Waals surface area contributed by atoms with E-state index in [2.05, 4.69) is 17.2 Å². The summed E-state index contributed by atoms with van der Waals surface area (Å²) in [7, 11) is 1.87. The summed E-state index contributed by atoms with van der Waals surface area (Å²) in [6, 6.07) is 0. The van der Waals surface area contributed by atoms with E-state index < -0.39 is 0 Å². The molecule has 1 heterocycles. The standard InChI is InChI=1S/C5H9N3.2C2H6/c1-3-5-4-8(2)7-6-5;2*1-2/h4H,3H2,1-2H3;2*1-2H3. The second kappa shape index (κ2) is 10.1. The van der Waals surface area contributed by atoms with Gasteiger partial charge < -0.3 is 0 Å². The molecule has 72 valence electrons. The van der Waals surface area contributed by atoms with Gasteiger partial charge in [-0.3, -0.25) is 4.68 Å². The van der Waals surface area contributed by atoms with Crippen LogP contribution in [0.3, 0.4) is 0 Å². The Labute approximate surface area is 75.8 Å².